The molecular weight excluding hydrogens is 404 g/mol. The molecule has 1 unspecified atom stereocenters. The fourth-order valence-electron chi connectivity index (χ4n) is 3.83. The van der Waals surface area contributed by atoms with Crippen LogP contribution in [0.15, 0.2) is 59.7 Å². The zero-order chi connectivity index (χ0) is 23.7. The van der Waals surface area contributed by atoms with Crippen molar-refractivity contribution in [2.24, 2.45) is 0 Å². The number of allylic oxidation sites excluding steroid dienone is 2. The van der Waals surface area contributed by atoms with Crippen molar-refractivity contribution >= 4 is 0 Å². The second-order valence-electron chi connectivity index (χ2n) is 9.00. The minimum atomic E-state index is -0.567. The Bertz CT molecular complexity index is 880. The number of rotatable bonds is 11. The van der Waals surface area contributed by atoms with Crippen LogP contribution in [0.5, 0.6) is 0 Å². The van der Waals surface area contributed by atoms with Crippen LogP contribution in [0.1, 0.15) is 55.9 Å². The molecule has 0 N–H and O–H groups in total. The van der Waals surface area contributed by atoms with Gasteiger partial charge in [0.15, 0.2) is 0 Å². The van der Waals surface area contributed by atoms with Crippen molar-refractivity contribution < 1.29 is 13.5 Å². The van der Waals surface area contributed by atoms with E-state index in [0.717, 1.165) is 19.6 Å². The second-order valence-corrected chi connectivity index (χ2v) is 9.00. The van der Waals surface area contributed by atoms with Gasteiger partial charge in [-0.25, -0.2) is 8.78 Å². The topological polar surface area (TPSA) is 12.5 Å². The van der Waals surface area contributed by atoms with E-state index in [9.17, 15) is 8.78 Å². The third-order valence-corrected chi connectivity index (χ3v) is 5.57. The first-order valence-electron chi connectivity index (χ1n) is 11.2. The standard InChI is InChI=1S/C28H37F2NO/c1-20(2)13-15-31(16-14-21(3)4)17-24(28-22(5)9-7-10-23(28)6)18-32-19-25-26(29)11-8-12-27(25)30/h7-14,24H,15-19H2,1-6H3. The highest BCUT2D eigenvalue weighted by molar-refractivity contribution is 5.37. The van der Waals surface area contributed by atoms with Crippen LogP contribution >= 0.6 is 0 Å². The van der Waals surface area contributed by atoms with Crippen LogP contribution < -0.4 is 0 Å². The molecule has 0 radical (unpaired) electrons. The van der Waals surface area contributed by atoms with Crippen molar-refractivity contribution in [2.75, 3.05) is 26.2 Å². The lowest BCUT2D eigenvalue weighted by atomic mass is 9.90. The average molecular weight is 442 g/mol. The van der Waals surface area contributed by atoms with Gasteiger partial charge >= 0.3 is 0 Å². The van der Waals surface area contributed by atoms with Crippen LogP contribution in [0.25, 0.3) is 0 Å². The van der Waals surface area contributed by atoms with Crippen molar-refractivity contribution in [2.45, 2.75) is 54.1 Å². The van der Waals surface area contributed by atoms with E-state index in [0.29, 0.717) is 6.61 Å². The van der Waals surface area contributed by atoms with E-state index in [1.165, 1.54) is 46.0 Å². The first-order valence-corrected chi connectivity index (χ1v) is 11.2. The predicted octanol–water partition coefficient (Wildman–Crippen LogP) is 7.12. The SMILES string of the molecule is CC(C)=CCN(CC=C(C)C)CC(COCc1c(F)cccc1F)c1c(C)cccc1C. The van der Waals surface area contributed by atoms with E-state index in [-0.39, 0.29) is 18.1 Å². The maximum Gasteiger partial charge on any atom is 0.131 e. The second kappa shape index (κ2) is 12.7. The third kappa shape index (κ3) is 7.99. The predicted molar refractivity (Wildman–Crippen MR) is 130 cm³/mol. The summed E-state index contributed by atoms with van der Waals surface area (Å²) in [5.41, 5.74) is 6.21. The van der Waals surface area contributed by atoms with E-state index < -0.39 is 11.6 Å². The Hall–Kier alpha value is -2.30. The van der Waals surface area contributed by atoms with Gasteiger partial charge < -0.3 is 4.74 Å². The van der Waals surface area contributed by atoms with Crippen LogP contribution in [-0.2, 0) is 11.3 Å². The lowest BCUT2D eigenvalue weighted by Crippen LogP contribution is -2.32. The van der Waals surface area contributed by atoms with Crippen LogP contribution in [0.4, 0.5) is 8.78 Å². The summed E-state index contributed by atoms with van der Waals surface area (Å²) in [6, 6.07) is 10.2. The highest BCUT2D eigenvalue weighted by Gasteiger charge is 2.20. The van der Waals surface area contributed by atoms with Gasteiger partial charge in [-0.05, 0) is 70.4 Å². The Balaban J connectivity index is 2.26. The van der Waals surface area contributed by atoms with Gasteiger partial charge in [0.2, 0.25) is 0 Å². The van der Waals surface area contributed by atoms with E-state index in [1.54, 1.807) is 0 Å². The van der Waals surface area contributed by atoms with Crippen LogP contribution in [0, 0.1) is 25.5 Å². The molecule has 1 atom stereocenters. The van der Waals surface area contributed by atoms with Gasteiger partial charge in [0.05, 0.1) is 13.2 Å². The molecule has 0 fully saturated rings. The first kappa shape index (κ1) is 26.0. The van der Waals surface area contributed by atoms with Gasteiger partial charge in [-0.1, -0.05) is 47.6 Å². The molecule has 0 aromatic heterocycles. The molecule has 32 heavy (non-hydrogen) atoms. The lowest BCUT2D eigenvalue weighted by Gasteiger charge is -2.28. The maximum atomic E-state index is 14.0. The fraction of sp³-hybridized carbons (Fsp3) is 0.429. The number of hydrogen-bond donors (Lipinski definition) is 0. The minimum absolute atomic E-state index is 0.0151. The van der Waals surface area contributed by atoms with Crippen molar-refractivity contribution in [3.63, 3.8) is 0 Å². The molecule has 4 heteroatoms. The highest BCUT2D eigenvalue weighted by Crippen LogP contribution is 2.26. The largest absolute Gasteiger partial charge is 0.376 e. The first-order chi connectivity index (χ1) is 15.2. The summed E-state index contributed by atoms with van der Waals surface area (Å²) >= 11 is 0. The number of halogens is 2. The summed E-state index contributed by atoms with van der Waals surface area (Å²) in [6.45, 7) is 15.4. The monoisotopic (exact) mass is 441 g/mol. The Labute approximate surface area is 192 Å². The van der Waals surface area contributed by atoms with Gasteiger partial charge in [0.25, 0.3) is 0 Å². The summed E-state index contributed by atoms with van der Waals surface area (Å²) in [5.74, 6) is -1.05. The van der Waals surface area contributed by atoms with E-state index in [1.807, 2.05) is 0 Å². The van der Waals surface area contributed by atoms with Crippen LogP contribution in [0.3, 0.4) is 0 Å². The summed E-state index contributed by atoms with van der Waals surface area (Å²) in [6.07, 6.45) is 4.46. The summed E-state index contributed by atoms with van der Waals surface area (Å²) in [4.78, 5) is 2.39. The molecule has 2 aromatic carbocycles. The van der Waals surface area contributed by atoms with Gasteiger partial charge in [0.1, 0.15) is 11.6 Å². The zero-order valence-corrected chi connectivity index (χ0v) is 20.3. The van der Waals surface area contributed by atoms with Crippen LogP contribution in [-0.4, -0.2) is 31.1 Å². The normalized spacial score (nSPS) is 12.0. The molecular formula is C28H37F2NO. The number of benzene rings is 2. The number of nitrogens with zero attached hydrogens (tertiary/aromatic N) is 1. The van der Waals surface area contributed by atoms with Crippen molar-refractivity contribution in [3.8, 4) is 0 Å². The molecule has 0 heterocycles. The number of aryl methyl sites for hydroxylation is 2. The molecule has 0 bridgehead atoms. The Morgan fingerprint density at radius 1 is 0.875 bits per heavy atom. The fourth-order valence-corrected chi connectivity index (χ4v) is 3.83. The van der Waals surface area contributed by atoms with Crippen molar-refractivity contribution in [1.82, 2.24) is 4.90 Å². The zero-order valence-electron chi connectivity index (χ0n) is 20.3. The maximum absolute atomic E-state index is 14.0. The molecule has 2 nitrogen and oxygen atoms in total. The van der Waals surface area contributed by atoms with Gasteiger partial charge in [-0.15, -0.1) is 0 Å². The summed E-state index contributed by atoms with van der Waals surface area (Å²) in [5, 5.41) is 0. The molecule has 174 valence electrons. The van der Waals surface area contributed by atoms with Gasteiger partial charge in [0, 0.05) is 31.1 Å². The third-order valence-electron chi connectivity index (χ3n) is 5.57. The molecule has 2 aromatic rings. The van der Waals surface area contributed by atoms with Crippen molar-refractivity contribution in [1.29, 1.82) is 0 Å². The molecule has 0 saturated carbocycles. The van der Waals surface area contributed by atoms with Crippen molar-refractivity contribution in [3.05, 3.63) is 93.6 Å². The molecule has 0 aliphatic carbocycles. The number of hydrogen-bond acceptors (Lipinski definition) is 2. The Morgan fingerprint density at radius 3 is 1.88 bits per heavy atom. The Kier molecular flexibility index (Phi) is 10.3. The minimum Gasteiger partial charge on any atom is -0.376 e. The molecule has 2 rings (SSSR count). The highest BCUT2D eigenvalue weighted by atomic mass is 19.1. The van der Waals surface area contributed by atoms with Gasteiger partial charge in [-0.2, -0.15) is 0 Å². The van der Waals surface area contributed by atoms with E-state index in [2.05, 4.69) is 76.8 Å². The smallest absolute Gasteiger partial charge is 0.131 e. The Morgan fingerprint density at radius 2 is 1.38 bits per heavy atom. The molecule has 0 saturated heterocycles. The quantitative estimate of drug-likeness (QED) is 0.344. The van der Waals surface area contributed by atoms with E-state index >= 15 is 0 Å². The van der Waals surface area contributed by atoms with Gasteiger partial charge in [-0.3, -0.25) is 4.90 Å². The lowest BCUT2D eigenvalue weighted by molar-refractivity contribution is 0.0923. The number of ether oxygens (including phenoxy) is 1. The summed E-state index contributed by atoms with van der Waals surface area (Å²) < 4.78 is 34.0. The van der Waals surface area contributed by atoms with E-state index in [4.69, 9.17) is 4.74 Å². The summed E-state index contributed by atoms with van der Waals surface area (Å²) in [7, 11) is 0. The van der Waals surface area contributed by atoms with Crippen LogP contribution in [0.2, 0.25) is 0 Å². The molecule has 0 aliphatic rings. The molecule has 0 amide bonds. The molecule has 0 aliphatic heterocycles. The average Bonchev–Trinajstić information content (AvgIpc) is 2.71. The molecule has 0 spiro atoms.